The van der Waals surface area contributed by atoms with Crippen molar-refractivity contribution in [1.82, 2.24) is 0 Å². The Morgan fingerprint density at radius 2 is 1.38 bits per heavy atom. The van der Waals surface area contributed by atoms with Gasteiger partial charge in [0.2, 0.25) is 0 Å². The molecule has 0 aliphatic carbocycles. The summed E-state index contributed by atoms with van der Waals surface area (Å²) in [5, 5.41) is 0. The zero-order chi connectivity index (χ0) is 16.7. The molecule has 0 heterocycles. The van der Waals surface area contributed by atoms with Gasteiger partial charge in [-0.2, -0.15) is 0 Å². The van der Waals surface area contributed by atoms with E-state index in [0.29, 0.717) is 0 Å². The van der Waals surface area contributed by atoms with Crippen molar-refractivity contribution in [3.8, 4) is 0 Å². The van der Waals surface area contributed by atoms with Gasteiger partial charge in [0.25, 0.3) is 5.92 Å². The van der Waals surface area contributed by atoms with E-state index in [2.05, 4.69) is 4.74 Å². The van der Waals surface area contributed by atoms with E-state index in [1.165, 1.54) is 0 Å². The van der Waals surface area contributed by atoms with E-state index in [1.807, 2.05) is 58.9 Å². The van der Waals surface area contributed by atoms with Crippen LogP contribution in [0, 0.1) is 6.92 Å². The Morgan fingerprint density at radius 3 is 1.86 bits per heavy atom. The minimum Gasteiger partial charge on any atom is -0.375 e. The Balaban J connectivity index is 0. The summed E-state index contributed by atoms with van der Waals surface area (Å²) >= 11 is 0. The van der Waals surface area contributed by atoms with E-state index in [1.54, 1.807) is 6.92 Å². The molecule has 0 aromatic heterocycles. The molecule has 1 aromatic rings. The Bertz CT molecular complexity index is 324. The summed E-state index contributed by atoms with van der Waals surface area (Å²) in [5.74, 6) is -2.92. The lowest BCUT2D eigenvalue weighted by Crippen LogP contribution is -2.29. The Labute approximate surface area is 128 Å². The van der Waals surface area contributed by atoms with Crippen molar-refractivity contribution in [2.45, 2.75) is 54.1 Å². The summed E-state index contributed by atoms with van der Waals surface area (Å²) in [4.78, 5) is 0. The minimum atomic E-state index is -2.92. The molecule has 0 bridgehead atoms. The summed E-state index contributed by atoms with van der Waals surface area (Å²) in [7, 11) is 0. The SMILES string of the molecule is CC.CC.CCOCC(F)(F)COCc1ccc(C)cc1. The summed E-state index contributed by atoms with van der Waals surface area (Å²) in [5.41, 5.74) is 2.03. The van der Waals surface area contributed by atoms with Crippen molar-refractivity contribution in [3.05, 3.63) is 35.4 Å². The summed E-state index contributed by atoms with van der Waals surface area (Å²) in [6, 6.07) is 7.60. The number of ether oxygens (including phenoxy) is 2. The van der Waals surface area contributed by atoms with Crippen LogP contribution in [0.25, 0.3) is 0 Å². The lowest BCUT2D eigenvalue weighted by Gasteiger charge is -2.16. The van der Waals surface area contributed by atoms with E-state index in [-0.39, 0.29) is 13.2 Å². The van der Waals surface area contributed by atoms with Gasteiger partial charge < -0.3 is 9.47 Å². The third-order valence-electron chi connectivity index (χ3n) is 2.22. The van der Waals surface area contributed by atoms with E-state index >= 15 is 0 Å². The molecule has 0 atom stereocenters. The number of aryl methyl sites for hydroxylation is 1. The second kappa shape index (κ2) is 14.0. The number of halogens is 2. The predicted molar refractivity (Wildman–Crippen MR) is 85.0 cm³/mol. The van der Waals surface area contributed by atoms with Crippen LogP contribution in [0.15, 0.2) is 24.3 Å². The highest BCUT2D eigenvalue weighted by Gasteiger charge is 2.29. The topological polar surface area (TPSA) is 18.5 Å². The number of alkyl halides is 2. The molecule has 124 valence electrons. The van der Waals surface area contributed by atoms with Gasteiger partial charge in [-0.15, -0.1) is 0 Å². The highest BCUT2D eigenvalue weighted by atomic mass is 19.3. The molecule has 0 saturated carbocycles. The molecule has 0 N–H and O–H groups in total. The van der Waals surface area contributed by atoms with Crippen molar-refractivity contribution in [1.29, 1.82) is 0 Å². The van der Waals surface area contributed by atoms with Gasteiger partial charge in [-0.1, -0.05) is 57.5 Å². The molecule has 0 aliphatic rings. The van der Waals surface area contributed by atoms with Crippen LogP contribution in [0.2, 0.25) is 0 Å². The summed E-state index contributed by atoms with van der Waals surface area (Å²) in [6.07, 6.45) is 0. The van der Waals surface area contributed by atoms with Gasteiger partial charge in [-0.25, -0.2) is 8.78 Å². The molecule has 1 rings (SSSR count). The minimum absolute atomic E-state index is 0.196. The van der Waals surface area contributed by atoms with Crippen LogP contribution < -0.4 is 0 Å². The molecule has 0 unspecified atom stereocenters. The molecule has 0 saturated heterocycles. The standard InChI is InChI=1S/C13H18F2O2.2C2H6/c1-3-16-9-13(14,15)10-17-8-12-6-4-11(2)5-7-12;2*1-2/h4-7H,3,8-10H2,1-2H3;2*1-2H3. The van der Waals surface area contributed by atoms with Gasteiger partial charge >= 0.3 is 0 Å². The fraction of sp³-hybridized carbons (Fsp3) is 0.647. The first kappa shape index (κ1) is 22.3. The van der Waals surface area contributed by atoms with Gasteiger partial charge in [-0.05, 0) is 19.4 Å². The molecule has 2 nitrogen and oxygen atoms in total. The van der Waals surface area contributed by atoms with E-state index in [0.717, 1.165) is 11.1 Å². The van der Waals surface area contributed by atoms with Crippen molar-refractivity contribution >= 4 is 0 Å². The zero-order valence-electron chi connectivity index (χ0n) is 14.2. The molecular weight excluding hydrogens is 274 g/mol. The number of hydrogen-bond acceptors (Lipinski definition) is 2. The third kappa shape index (κ3) is 12.5. The van der Waals surface area contributed by atoms with Gasteiger partial charge in [0.05, 0.1) is 6.61 Å². The first-order chi connectivity index (χ1) is 10.0. The molecule has 0 aliphatic heterocycles. The molecule has 0 radical (unpaired) electrons. The van der Waals surface area contributed by atoms with Gasteiger partial charge in [-0.3, -0.25) is 0 Å². The van der Waals surface area contributed by atoms with Crippen molar-refractivity contribution in [2.75, 3.05) is 19.8 Å². The zero-order valence-corrected chi connectivity index (χ0v) is 14.2. The van der Waals surface area contributed by atoms with Crippen LogP contribution in [-0.2, 0) is 16.1 Å². The van der Waals surface area contributed by atoms with E-state index < -0.39 is 19.1 Å². The van der Waals surface area contributed by atoms with E-state index in [9.17, 15) is 8.78 Å². The number of rotatable bonds is 7. The summed E-state index contributed by atoms with van der Waals surface area (Å²) < 4.78 is 35.9. The Morgan fingerprint density at radius 1 is 0.905 bits per heavy atom. The molecule has 0 spiro atoms. The lowest BCUT2D eigenvalue weighted by molar-refractivity contribution is -0.125. The maximum atomic E-state index is 13.1. The highest BCUT2D eigenvalue weighted by Crippen LogP contribution is 2.15. The first-order valence-electron chi connectivity index (χ1n) is 7.62. The fourth-order valence-corrected chi connectivity index (χ4v) is 1.30. The van der Waals surface area contributed by atoms with Crippen LogP contribution in [0.4, 0.5) is 8.78 Å². The average Bonchev–Trinajstić information content (AvgIpc) is 2.51. The monoisotopic (exact) mass is 304 g/mol. The normalized spacial score (nSPS) is 10.1. The smallest absolute Gasteiger partial charge is 0.293 e. The highest BCUT2D eigenvalue weighted by molar-refractivity contribution is 5.20. The quantitative estimate of drug-likeness (QED) is 0.686. The molecule has 0 amide bonds. The number of hydrogen-bond donors (Lipinski definition) is 0. The average molecular weight is 304 g/mol. The number of benzene rings is 1. The molecule has 0 fully saturated rings. The van der Waals surface area contributed by atoms with Crippen LogP contribution in [-0.4, -0.2) is 25.7 Å². The summed E-state index contributed by atoms with van der Waals surface area (Å²) in [6.45, 7) is 10.9. The predicted octanol–water partition coefficient (Wildman–Crippen LogP) is 5.24. The lowest BCUT2D eigenvalue weighted by atomic mass is 10.2. The van der Waals surface area contributed by atoms with Gasteiger partial charge in [0, 0.05) is 6.61 Å². The van der Waals surface area contributed by atoms with Crippen LogP contribution in [0.5, 0.6) is 0 Å². The Kier molecular flexibility index (Phi) is 14.8. The molecule has 4 heteroatoms. The maximum absolute atomic E-state index is 13.1. The Hall–Kier alpha value is -1.00. The van der Waals surface area contributed by atoms with Crippen molar-refractivity contribution in [2.24, 2.45) is 0 Å². The van der Waals surface area contributed by atoms with Crippen molar-refractivity contribution in [3.63, 3.8) is 0 Å². The maximum Gasteiger partial charge on any atom is 0.293 e. The molecule has 21 heavy (non-hydrogen) atoms. The third-order valence-corrected chi connectivity index (χ3v) is 2.22. The largest absolute Gasteiger partial charge is 0.375 e. The van der Waals surface area contributed by atoms with E-state index in [4.69, 9.17) is 4.74 Å². The van der Waals surface area contributed by atoms with Crippen LogP contribution in [0.3, 0.4) is 0 Å². The second-order valence-corrected chi connectivity index (χ2v) is 3.97. The fourth-order valence-electron chi connectivity index (χ4n) is 1.30. The molecular formula is C17H30F2O2. The second-order valence-electron chi connectivity index (χ2n) is 3.97. The van der Waals surface area contributed by atoms with Crippen LogP contribution >= 0.6 is 0 Å². The first-order valence-corrected chi connectivity index (χ1v) is 7.62. The molecule has 1 aromatic carbocycles. The van der Waals surface area contributed by atoms with Crippen LogP contribution in [0.1, 0.15) is 45.7 Å². The van der Waals surface area contributed by atoms with Gasteiger partial charge in [0.1, 0.15) is 13.2 Å². The van der Waals surface area contributed by atoms with Crippen molar-refractivity contribution < 1.29 is 18.3 Å². The van der Waals surface area contributed by atoms with Gasteiger partial charge in [0.15, 0.2) is 0 Å².